The number of carbonyl (C=O) groups is 1. The molecule has 1 saturated heterocycles. The number of amides is 1. The number of hydrogen-bond donors (Lipinski definition) is 1. The molecule has 118 valence electrons. The zero-order chi connectivity index (χ0) is 15.7. The molecule has 0 saturated carbocycles. The number of fused-ring (bicyclic) bond motifs is 1. The molecule has 1 aromatic carbocycles. The number of aliphatic hydroxyl groups excluding tert-OH is 1. The molecule has 0 aliphatic carbocycles. The van der Waals surface area contributed by atoms with Crippen LogP contribution in [0.2, 0.25) is 0 Å². The van der Waals surface area contributed by atoms with Gasteiger partial charge in [-0.2, -0.15) is 0 Å². The molecule has 2 aromatic rings. The average Bonchev–Trinajstić information content (AvgIpc) is 2.98. The van der Waals surface area contributed by atoms with Crippen LogP contribution in [-0.4, -0.2) is 35.6 Å². The third-order valence-electron chi connectivity index (χ3n) is 5.15. The molecule has 0 radical (unpaired) electrons. The lowest BCUT2D eigenvalue weighted by Crippen LogP contribution is -2.50. The Balaban J connectivity index is 1.89. The summed E-state index contributed by atoms with van der Waals surface area (Å²) >= 11 is 1.62. The number of aliphatic hydroxyl groups is 1. The average molecular weight is 317 g/mol. The number of thiophene rings is 1. The number of piperidine rings is 1. The molecule has 0 spiro atoms. The summed E-state index contributed by atoms with van der Waals surface area (Å²) in [5.74, 6) is 0.475. The lowest BCUT2D eigenvalue weighted by atomic mass is 9.72. The summed E-state index contributed by atoms with van der Waals surface area (Å²) in [6.07, 6.45) is 1.96. The molecule has 0 bridgehead atoms. The Morgan fingerprint density at radius 1 is 1.41 bits per heavy atom. The Bertz CT molecular complexity index is 679. The van der Waals surface area contributed by atoms with E-state index in [1.807, 2.05) is 28.5 Å². The van der Waals surface area contributed by atoms with Crippen molar-refractivity contribution in [1.29, 1.82) is 0 Å². The largest absolute Gasteiger partial charge is 0.396 e. The molecule has 1 aromatic heterocycles. The number of nitrogens with zero attached hydrogens (tertiary/aromatic N) is 1. The Morgan fingerprint density at radius 3 is 2.91 bits per heavy atom. The topological polar surface area (TPSA) is 40.5 Å². The van der Waals surface area contributed by atoms with E-state index in [-0.39, 0.29) is 17.9 Å². The molecule has 1 N–H and O–H groups in total. The Hall–Kier alpha value is -1.39. The highest BCUT2D eigenvalue weighted by Gasteiger charge is 2.39. The molecule has 4 heteroatoms. The van der Waals surface area contributed by atoms with Gasteiger partial charge in [0.1, 0.15) is 0 Å². The lowest BCUT2D eigenvalue weighted by Gasteiger charge is -2.44. The van der Waals surface area contributed by atoms with Gasteiger partial charge < -0.3 is 10.0 Å². The summed E-state index contributed by atoms with van der Waals surface area (Å²) in [6, 6.07) is 8.06. The van der Waals surface area contributed by atoms with Crippen LogP contribution in [0.25, 0.3) is 10.1 Å². The lowest BCUT2D eigenvalue weighted by molar-refractivity contribution is 0.000800. The number of hydrogen-bond acceptors (Lipinski definition) is 3. The summed E-state index contributed by atoms with van der Waals surface area (Å²) in [6.45, 7) is 5.88. The summed E-state index contributed by atoms with van der Waals surface area (Å²) in [5, 5.41) is 12.9. The molecule has 1 atom stereocenters. The first kappa shape index (κ1) is 15.5. The van der Waals surface area contributed by atoms with Crippen molar-refractivity contribution in [3.8, 4) is 0 Å². The van der Waals surface area contributed by atoms with Gasteiger partial charge in [-0.1, -0.05) is 32.0 Å². The van der Waals surface area contributed by atoms with Crippen LogP contribution in [0.15, 0.2) is 29.6 Å². The SMILES string of the molecule is CC(C)C1(CO)CCCN(C(=O)c2csc3ccccc23)C1. The molecular weight excluding hydrogens is 294 g/mol. The van der Waals surface area contributed by atoms with Crippen LogP contribution < -0.4 is 0 Å². The van der Waals surface area contributed by atoms with Crippen LogP contribution in [0.3, 0.4) is 0 Å². The Kier molecular flexibility index (Phi) is 4.24. The van der Waals surface area contributed by atoms with Crippen molar-refractivity contribution < 1.29 is 9.90 Å². The minimum atomic E-state index is -0.153. The van der Waals surface area contributed by atoms with Gasteiger partial charge >= 0.3 is 0 Å². The van der Waals surface area contributed by atoms with E-state index in [9.17, 15) is 9.90 Å². The maximum Gasteiger partial charge on any atom is 0.255 e. The van der Waals surface area contributed by atoms with Crippen LogP contribution in [0, 0.1) is 11.3 Å². The van der Waals surface area contributed by atoms with E-state index >= 15 is 0 Å². The maximum absolute atomic E-state index is 13.0. The highest BCUT2D eigenvalue weighted by Crippen LogP contribution is 2.38. The van der Waals surface area contributed by atoms with Crippen molar-refractivity contribution in [1.82, 2.24) is 4.90 Å². The molecule has 1 amide bonds. The van der Waals surface area contributed by atoms with E-state index in [0.717, 1.165) is 35.0 Å². The monoisotopic (exact) mass is 317 g/mol. The molecule has 22 heavy (non-hydrogen) atoms. The second-order valence-corrected chi connectivity index (χ2v) is 7.56. The quantitative estimate of drug-likeness (QED) is 0.936. The van der Waals surface area contributed by atoms with E-state index in [0.29, 0.717) is 12.5 Å². The summed E-state index contributed by atoms with van der Waals surface area (Å²) in [7, 11) is 0. The molecule has 1 unspecified atom stereocenters. The third kappa shape index (κ3) is 2.55. The molecule has 3 rings (SSSR count). The van der Waals surface area contributed by atoms with Crippen LogP contribution >= 0.6 is 11.3 Å². The first-order chi connectivity index (χ1) is 10.6. The second-order valence-electron chi connectivity index (χ2n) is 6.65. The van der Waals surface area contributed by atoms with Crippen LogP contribution in [-0.2, 0) is 0 Å². The zero-order valence-electron chi connectivity index (χ0n) is 13.2. The molecule has 1 aliphatic rings. The molecular formula is C18H23NO2S. The number of likely N-dealkylation sites (tertiary alicyclic amines) is 1. The number of benzene rings is 1. The van der Waals surface area contributed by atoms with Gasteiger partial charge in [-0.25, -0.2) is 0 Å². The minimum absolute atomic E-state index is 0.107. The van der Waals surface area contributed by atoms with Crippen molar-refractivity contribution in [3.63, 3.8) is 0 Å². The minimum Gasteiger partial charge on any atom is -0.396 e. The molecule has 3 nitrogen and oxygen atoms in total. The normalized spacial score (nSPS) is 22.5. The van der Waals surface area contributed by atoms with Gasteiger partial charge in [-0.05, 0) is 24.8 Å². The van der Waals surface area contributed by atoms with E-state index in [1.54, 1.807) is 11.3 Å². The van der Waals surface area contributed by atoms with E-state index in [4.69, 9.17) is 0 Å². The van der Waals surface area contributed by atoms with E-state index in [1.165, 1.54) is 0 Å². The molecule has 1 aliphatic heterocycles. The van der Waals surface area contributed by atoms with Gasteiger partial charge in [0.15, 0.2) is 0 Å². The molecule has 1 fully saturated rings. The fourth-order valence-corrected chi connectivity index (χ4v) is 4.36. The Labute approximate surface area is 135 Å². The first-order valence-corrected chi connectivity index (χ1v) is 8.82. The molecule has 2 heterocycles. The van der Waals surface area contributed by atoms with Crippen molar-refractivity contribution in [2.24, 2.45) is 11.3 Å². The smallest absolute Gasteiger partial charge is 0.255 e. The van der Waals surface area contributed by atoms with Crippen LogP contribution in [0.4, 0.5) is 0 Å². The standard InChI is InChI=1S/C18H23NO2S/c1-13(2)18(12-20)8-5-9-19(11-18)17(21)15-10-22-16-7-4-3-6-14(15)16/h3-4,6-7,10,13,20H,5,8-9,11-12H2,1-2H3. The van der Waals surface area contributed by atoms with Gasteiger partial charge in [0.2, 0.25) is 0 Å². The first-order valence-electron chi connectivity index (χ1n) is 7.94. The van der Waals surface area contributed by atoms with Gasteiger partial charge in [-0.15, -0.1) is 11.3 Å². The van der Waals surface area contributed by atoms with Crippen LogP contribution in [0.1, 0.15) is 37.0 Å². The van der Waals surface area contributed by atoms with Crippen molar-refractivity contribution in [3.05, 3.63) is 35.2 Å². The zero-order valence-corrected chi connectivity index (χ0v) is 14.0. The maximum atomic E-state index is 13.0. The highest BCUT2D eigenvalue weighted by atomic mass is 32.1. The fraction of sp³-hybridized carbons (Fsp3) is 0.500. The van der Waals surface area contributed by atoms with E-state index < -0.39 is 0 Å². The predicted molar refractivity (Wildman–Crippen MR) is 91.3 cm³/mol. The highest BCUT2D eigenvalue weighted by molar-refractivity contribution is 7.17. The number of carbonyl (C=O) groups excluding carboxylic acids is 1. The summed E-state index contributed by atoms with van der Waals surface area (Å²) < 4.78 is 1.15. The summed E-state index contributed by atoms with van der Waals surface area (Å²) in [5.41, 5.74) is 0.651. The van der Waals surface area contributed by atoms with Gasteiger partial charge in [-0.3, -0.25) is 4.79 Å². The predicted octanol–water partition coefficient (Wildman–Crippen LogP) is 3.77. The van der Waals surface area contributed by atoms with Gasteiger partial charge in [0, 0.05) is 34.0 Å². The van der Waals surface area contributed by atoms with E-state index in [2.05, 4.69) is 19.9 Å². The van der Waals surface area contributed by atoms with Gasteiger partial charge in [0.25, 0.3) is 5.91 Å². The Morgan fingerprint density at radius 2 is 2.18 bits per heavy atom. The van der Waals surface area contributed by atoms with Crippen molar-refractivity contribution in [2.75, 3.05) is 19.7 Å². The third-order valence-corrected chi connectivity index (χ3v) is 6.11. The van der Waals surface area contributed by atoms with Gasteiger partial charge in [0.05, 0.1) is 12.2 Å². The second kappa shape index (κ2) is 6.01. The number of rotatable bonds is 3. The fourth-order valence-electron chi connectivity index (χ4n) is 3.43. The van der Waals surface area contributed by atoms with Crippen LogP contribution in [0.5, 0.6) is 0 Å². The van der Waals surface area contributed by atoms with Crippen molar-refractivity contribution >= 4 is 27.3 Å². The van der Waals surface area contributed by atoms with Crippen molar-refractivity contribution in [2.45, 2.75) is 26.7 Å². The summed E-state index contributed by atoms with van der Waals surface area (Å²) in [4.78, 5) is 14.9.